The Morgan fingerprint density at radius 1 is 1.24 bits per heavy atom. The maximum absolute atomic E-state index is 12.8. The standard InChI is InChI=1S/C18H20N2O/c1-13-5-6-16(10-14(13)2)18(21)20(17-7-8-17)12-15-4-3-9-19-11-15/h3-6,9-11,17H,7-8,12H2,1-2H3. The van der Waals surface area contributed by atoms with Crippen LogP contribution in [0.4, 0.5) is 0 Å². The predicted molar refractivity (Wildman–Crippen MR) is 83.0 cm³/mol. The highest BCUT2D eigenvalue weighted by Crippen LogP contribution is 2.30. The van der Waals surface area contributed by atoms with Gasteiger partial charge in [0.05, 0.1) is 0 Å². The second kappa shape index (κ2) is 5.68. The molecule has 0 radical (unpaired) electrons. The molecule has 1 amide bonds. The fourth-order valence-corrected chi connectivity index (χ4v) is 2.48. The average Bonchev–Trinajstić information content (AvgIpc) is 3.33. The highest BCUT2D eigenvalue weighted by molar-refractivity contribution is 5.94. The maximum Gasteiger partial charge on any atom is 0.254 e. The van der Waals surface area contributed by atoms with Crippen molar-refractivity contribution in [3.8, 4) is 0 Å². The zero-order valence-electron chi connectivity index (χ0n) is 12.5. The molecule has 1 aromatic carbocycles. The predicted octanol–water partition coefficient (Wildman–Crippen LogP) is 3.50. The van der Waals surface area contributed by atoms with Gasteiger partial charge in [-0.2, -0.15) is 0 Å². The van der Waals surface area contributed by atoms with Crippen molar-refractivity contribution in [2.75, 3.05) is 0 Å². The highest BCUT2D eigenvalue weighted by Gasteiger charge is 2.33. The van der Waals surface area contributed by atoms with Gasteiger partial charge in [-0.15, -0.1) is 0 Å². The number of nitrogens with zero attached hydrogens (tertiary/aromatic N) is 2. The zero-order chi connectivity index (χ0) is 14.8. The Kier molecular flexibility index (Phi) is 3.74. The molecule has 0 N–H and O–H groups in total. The van der Waals surface area contributed by atoms with Crippen LogP contribution in [-0.4, -0.2) is 21.8 Å². The molecular weight excluding hydrogens is 260 g/mol. The molecule has 0 spiro atoms. The quantitative estimate of drug-likeness (QED) is 0.858. The summed E-state index contributed by atoms with van der Waals surface area (Å²) < 4.78 is 0. The Morgan fingerprint density at radius 2 is 2.05 bits per heavy atom. The number of pyridine rings is 1. The summed E-state index contributed by atoms with van der Waals surface area (Å²) in [6.45, 7) is 4.76. The summed E-state index contributed by atoms with van der Waals surface area (Å²) in [6.07, 6.45) is 5.81. The number of carbonyl (C=O) groups excluding carboxylic acids is 1. The van der Waals surface area contributed by atoms with Crippen molar-refractivity contribution in [3.05, 3.63) is 65.0 Å². The molecular formula is C18H20N2O. The fraction of sp³-hybridized carbons (Fsp3) is 0.333. The summed E-state index contributed by atoms with van der Waals surface area (Å²) in [6, 6.07) is 10.3. The third-order valence-corrected chi connectivity index (χ3v) is 4.08. The summed E-state index contributed by atoms with van der Waals surface area (Å²) in [4.78, 5) is 18.9. The molecule has 0 aliphatic heterocycles. The van der Waals surface area contributed by atoms with Gasteiger partial charge in [-0.25, -0.2) is 0 Å². The summed E-state index contributed by atoms with van der Waals surface area (Å²) in [5.41, 5.74) is 4.25. The van der Waals surface area contributed by atoms with Crippen LogP contribution in [0.2, 0.25) is 0 Å². The van der Waals surface area contributed by atoms with Crippen molar-refractivity contribution in [1.82, 2.24) is 9.88 Å². The van der Waals surface area contributed by atoms with Crippen LogP contribution in [0.25, 0.3) is 0 Å². The molecule has 3 nitrogen and oxygen atoms in total. The topological polar surface area (TPSA) is 33.2 Å². The Hall–Kier alpha value is -2.16. The number of hydrogen-bond donors (Lipinski definition) is 0. The Labute approximate surface area is 125 Å². The second-order valence-electron chi connectivity index (χ2n) is 5.82. The molecule has 1 aliphatic carbocycles. The van der Waals surface area contributed by atoms with Gasteiger partial charge >= 0.3 is 0 Å². The van der Waals surface area contributed by atoms with Crippen molar-refractivity contribution >= 4 is 5.91 Å². The SMILES string of the molecule is Cc1ccc(C(=O)N(Cc2cccnc2)C2CC2)cc1C. The number of benzene rings is 1. The van der Waals surface area contributed by atoms with Gasteiger partial charge in [0.1, 0.15) is 0 Å². The van der Waals surface area contributed by atoms with Crippen molar-refractivity contribution in [3.63, 3.8) is 0 Å². The minimum Gasteiger partial charge on any atom is -0.331 e. The lowest BCUT2D eigenvalue weighted by molar-refractivity contribution is 0.0729. The molecule has 1 aliphatic rings. The number of aryl methyl sites for hydroxylation is 2. The lowest BCUT2D eigenvalue weighted by Crippen LogP contribution is -2.32. The number of aromatic nitrogens is 1. The molecule has 0 saturated heterocycles. The lowest BCUT2D eigenvalue weighted by Gasteiger charge is -2.23. The van der Waals surface area contributed by atoms with Crippen LogP contribution in [0.1, 0.15) is 39.9 Å². The van der Waals surface area contributed by atoms with Crippen molar-refractivity contribution in [2.45, 2.75) is 39.3 Å². The number of hydrogen-bond acceptors (Lipinski definition) is 2. The fourth-order valence-electron chi connectivity index (χ4n) is 2.48. The van der Waals surface area contributed by atoms with E-state index in [-0.39, 0.29) is 5.91 Å². The summed E-state index contributed by atoms with van der Waals surface area (Å²) in [5.74, 6) is 0.129. The summed E-state index contributed by atoms with van der Waals surface area (Å²) in [5, 5.41) is 0. The van der Waals surface area contributed by atoms with E-state index in [0.717, 1.165) is 29.5 Å². The summed E-state index contributed by atoms with van der Waals surface area (Å²) >= 11 is 0. The largest absolute Gasteiger partial charge is 0.331 e. The zero-order valence-corrected chi connectivity index (χ0v) is 12.5. The highest BCUT2D eigenvalue weighted by atomic mass is 16.2. The van der Waals surface area contributed by atoms with E-state index < -0.39 is 0 Å². The Balaban J connectivity index is 1.83. The van der Waals surface area contributed by atoms with E-state index in [1.165, 1.54) is 5.56 Å². The van der Waals surface area contributed by atoms with Crippen LogP contribution in [0, 0.1) is 13.8 Å². The molecule has 108 valence electrons. The Morgan fingerprint density at radius 3 is 2.67 bits per heavy atom. The van der Waals surface area contributed by atoms with Crippen LogP contribution >= 0.6 is 0 Å². The van der Waals surface area contributed by atoms with Crippen molar-refractivity contribution < 1.29 is 4.79 Å². The van der Waals surface area contributed by atoms with Crippen LogP contribution in [-0.2, 0) is 6.54 Å². The summed E-state index contributed by atoms with van der Waals surface area (Å²) in [7, 11) is 0. The van der Waals surface area contributed by atoms with E-state index in [2.05, 4.69) is 18.8 Å². The first-order valence-corrected chi connectivity index (χ1v) is 7.42. The first kappa shape index (κ1) is 13.8. The minimum atomic E-state index is 0.129. The monoisotopic (exact) mass is 280 g/mol. The van der Waals surface area contributed by atoms with E-state index in [0.29, 0.717) is 12.6 Å². The maximum atomic E-state index is 12.8. The van der Waals surface area contributed by atoms with Crippen LogP contribution in [0.15, 0.2) is 42.7 Å². The van der Waals surface area contributed by atoms with Gasteiger partial charge < -0.3 is 4.90 Å². The average molecular weight is 280 g/mol. The van der Waals surface area contributed by atoms with Gasteiger partial charge in [0.25, 0.3) is 5.91 Å². The van der Waals surface area contributed by atoms with E-state index in [9.17, 15) is 4.79 Å². The molecule has 2 aromatic rings. The van der Waals surface area contributed by atoms with Gasteiger partial charge in [0.15, 0.2) is 0 Å². The molecule has 0 unspecified atom stereocenters. The first-order chi connectivity index (χ1) is 10.1. The molecule has 0 atom stereocenters. The first-order valence-electron chi connectivity index (χ1n) is 7.42. The van der Waals surface area contributed by atoms with Gasteiger partial charge in [-0.05, 0) is 61.6 Å². The van der Waals surface area contributed by atoms with Crippen LogP contribution in [0.5, 0.6) is 0 Å². The molecule has 1 saturated carbocycles. The van der Waals surface area contributed by atoms with Crippen LogP contribution in [0.3, 0.4) is 0 Å². The minimum absolute atomic E-state index is 0.129. The van der Waals surface area contributed by atoms with Gasteiger partial charge in [0.2, 0.25) is 0 Å². The molecule has 3 rings (SSSR count). The molecule has 0 bridgehead atoms. The third kappa shape index (κ3) is 3.13. The van der Waals surface area contributed by atoms with E-state index in [1.807, 2.05) is 41.4 Å². The number of amides is 1. The molecule has 21 heavy (non-hydrogen) atoms. The Bertz CT molecular complexity index is 648. The smallest absolute Gasteiger partial charge is 0.254 e. The number of carbonyl (C=O) groups is 1. The van der Waals surface area contributed by atoms with Crippen molar-refractivity contribution in [1.29, 1.82) is 0 Å². The van der Waals surface area contributed by atoms with Crippen molar-refractivity contribution in [2.24, 2.45) is 0 Å². The molecule has 1 aromatic heterocycles. The lowest BCUT2D eigenvalue weighted by atomic mass is 10.1. The third-order valence-electron chi connectivity index (χ3n) is 4.08. The van der Waals surface area contributed by atoms with Gasteiger partial charge in [-0.1, -0.05) is 12.1 Å². The molecule has 1 heterocycles. The van der Waals surface area contributed by atoms with E-state index in [4.69, 9.17) is 0 Å². The second-order valence-corrected chi connectivity index (χ2v) is 5.82. The van der Waals surface area contributed by atoms with Gasteiger partial charge in [-0.3, -0.25) is 9.78 Å². The van der Waals surface area contributed by atoms with Crippen LogP contribution < -0.4 is 0 Å². The van der Waals surface area contributed by atoms with E-state index >= 15 is 0 Å². The number of rotatable bonds is 4. The van der Waals surface area contributed by atoms with Gasteiger partial charge in [0, 0.05) is 30.5 Å². The molecule has 1 fully saturated rings. The normalized spacial score (nSPS) is 14.0. The molecule has 3 heteroatoms. The van der Waals surface area contributed by atoms with E-state index in [1.54, 1.807) is 6.20 Å².